The van der Waals surface area contributed by atoms with Gasteiger partial charge in [-0.25, -0.2) is 0 Å². The molecule has 1 heterocycles. The van der Waals surface area contributed by atoms with E-state index in [-0.39, 0.29) is 5.91 Å². The van der Waals surface area contributed by atoms with E-state index in [1.165, 1.54) is 5.56 Å². The van der Waals surface area contributed by atoms with Gasteiger partial charge in [-0.2, -0.15) is 0 Å². The topological polar surface area (TPSA) is 32.3 Å². The van der Waals surface area contributed by atoms with Crippen LogP contribution in [-0.2, 0) is 11.3 Å². The van der Waals surface area contributed by atoms with Crippen molar-refractivity contribution in [3.63, 3.8) is 0 Å². The lowest BCUT2D eigenvalue weighted by atomic mass is 10.1. The van der Waals surface area contributed by atoms with Crippen molar-refractivity contribution in [3.05, 3.63) is 34.3 Å². The fraction of sp³-hybridized carbons (Fsp3) is 0.500. The molecule has 1 unspecified atom stereocenters. The average Bonchev–Trinajstić information content (AvgIpc) is 2.55. The maximum atomic E-state index is 12.1. The van der Waals surface area contributed by atoms with Crippen LogP contribution in [0.2, 0.25) is 0 Å². The maximum absolute atomic E-state index is 12.1. The first-order chi connectivity index (χ1) is 8.70. The predicted molar refractivity (Wildman–Crippen MR) is 76.3 cm³/mol. The first kappa shape index (κ1) is 13.6. The van der Waals surface area contributed by atoms with Gasteiger partial charge < -0.3 is 10.2 Å². The van der Waals surface area contributed by atoms with Gasteiger partial charge in [0.1, 0.15) is 0 Å². The normalized spacial score (nSPS) is 20.9. The molecule has 1 saturated heterocycles. The van der Waals surface area contributed by atoms with E-state index in [9.17, 15) is 4.79 Å². The van der Waals surface area contributed by atoms with Crippen LogP contribution in [0.15, 0.2) is 28.7 Å². The third-order valence-corrected chi connectivity index (χ3v) is 4.31. The van der Waals surface area contributed by atoms with Gasteiger partial charge in [0.25, 0.3) is 0 Å². The largest absolute Gasteiger partial charge is 0.338 e. The average molecular weight is 311 g/mol. The van der Waals surface area contributed by atoms with Crippen LogP contribution in [-0.4, -0.2) is 30.4 Å². The van der Waals surface area contributed by atoms with Crippen LogP contribution in [0, 0.1) is 0 Å². The Balaban J connectivity index is 2.04. The second-order valence-corrected chi connectivity index (χ2v) is 5.57. The Labute approximate surface area is 117 Å². The molecule has 4 heteroatoms. The molecule has 0 radical (unpaired) electrons. The van der Waals surface area contributed by atoms with E-state index in [1.54, 1.807) is 0 Å². The van der Waals surface area contributed by atoms with E-state index in [0.29, 0.717) is 19.0 Å². The van der Waals surface area contributed by atoms with Crippen LogP contribution in [0.5, 0.6) is 0 Å². The molecule has 1 aliphatic heterocycles. The molecule has 1 aromatic carbocycles. The van der Waals surface area contributed by atoms with Crippen LogP contribution in [0.4, 0.5) is 0 Å². The monoisotopic (exact) mass is 310 g/mol. The van der Waals surface area contributed by atoms with Crippen molar-refractivity contribution in [2.24, 2.45) is 0 Å². The fourth-order valence-electron chi connectivity index (χ4n) is 2.32. The summed E-state index contributed by atoms with van der Waals surface area (Å²) in [6.45, 7) is 1.54. The molecule has 0 aromatic heterocycles. The number of hydrogen-bond donors (Lipinski definition) is 1. The van der Waals surface area contributed by atoms with E-state index in [4.69, 9.17) is 0 Å². The van der Waals surface area contributed by atoms with Gasteiger partial charge in [0, 0.05) is 30.0 Å². The smallest absolute Gasteiger partial charge is 0.222 e. The van der Waals surface area contributed by atoms with Crippen molar-refractivity contribution < 1.29 is 4.79 Å². The summed E-state index contributed by atoms with van der Waals surface area (Å²) in [7, 11) is 1.97. The summed E-state index contributed by atoms with van der Waals surface area (Å²) in [6.07, 6.45) is 2.63. The van der Waals surface area contributed by atoms with E-state index >= 15 is 0 Å². The molecule has 3 nitrogen and oxygen atoms in total. The van der Waals surface area contributed by atoms with Crippen molar-refractivity contribution in [1.82, 2.24) is 10.2 Å². The van der Waals surface area contributed by atoms with Crippen molar-refractivity contribution in [2.75, 3.05) is 13.6 Å². The number of rotatable bonds is 3. The molecule has 1 atom stereocenters. The summed E-state index contributed by atoms with van der Waals surface area (Å²) in [5, 5.41) is 3.27. The standard InChI is InChI=1S/C14H19BrN2O/c1-16-12-6-7-14(18)17(9-8-12)10-11-4-2-3-5-13(11)15/h2-5,12,16H,6-10H2,1H3. The molecule has 1 N–H and O–H groups in total. The highest BCUT2D eigenvalue weighted by Gasteiger charge is 2.21. The number of nitrogens with zero attached hydrogens (tertiary/aromatic N) is 1. The quantitative estimate of drug-likeness (QED) is 0.930. The molecule has 0 saturated carbocycles. The van der Waals surface area contributed by atoms with Gasteiger partial charge >= 0.3 is 0 Å². The van der Waals surface area contributed by atoms with Crippen LogP contribution in [0.3, 0.4) is 0 Å². The summed E-state index contributed by atoms with van der Waals surface area (Å²) in [4.78, 5) is 14.0. The van der Waals surface area contributed by atoms with Gasteiger partial charge in [0.2, 0.25) is 5.91 Å². The Morgan fingerprint density at radius 1 is 1.39 bits per heavy atom. The van der Waals surface area contributed by atoms with Gasteiger partial charge in [0.05, 0.1) is 0 Å². The number of carbonyl (C=O) groups is 1. The number of halogens is 1. The van der Waals surface area contributed by atoms with Gasteiger partial charge in [-0.1, -0.05) is 34.1 Å². The molecule has 0 spiro atoms. The number of benzene rings is 1. The van der Waals surface area contributed by atoms with Crippen molar-refractivity contribution in [1.29, 1.82) is 0 Å². The molecule has 2 rings (SSSR count). The SMILES string of the molecule is CNC1CCC(=O)N(Cc2ccccc2Br)CC1. The maximum Gasteiger partial charge on any atom is 0.222 e. The molecule has 0 aliphatic carbocycles. The zero-order chi connectivity index (χ0) is 13.0. The zero-order valence-electron chi connectivity index (χ0n) is 10.7. The van der Waals surface area contributed by atoms with Gasteiger partial charge in [-0.3, -0.25) is 4.79 Å². The molecule has 1 fully saturated rings. The molecule has 18 heavy (non-hydrogen) atoms. The van der Waals surface area contributed by atoms with E-state index in [2.05, 4.69) is 27.3 Å². The third-order valence-electron chi connectivity index (χ3n) is 3.53. The Morgan fingerprint density at radius 3 is 2.89 bits per heavy atom. The second kappa shape index (κ2) is 6.34. The highest BCUT2D eigenvalue weighted by atomic mass is 79.9. The molecule has 98 valence electrons. The second-order valence-electron chi connectivity index (χ2n) is 4.72. The molecule has 1 aliphatic rings. The Morgan fingerprint density at radius 2 is 2.17 bits per heavy atom. The molecule has 0 bridgehead atoms. The Bertz CT molecular complexity index is 422. The number of hydrogen-bond acceptors (Lipinski definition) is 2. The fourth-order valence-corrected chi connectivity index (χ4v) is 2.73. The third kappa shape index (κ3) is 3.33. The minimum Gasteiger partial charge on any atom is -0.338 e. The van der Waals surface area contributed by atoms with Crippen molar-refractivity contribution in [2.45, 2.75) is 31.8 Å². The van der Waals surface area contributed by atoms with Crippen LogP contribution in [0.1, 0.15) is 24.8 Å². The summed E-state index contributed by atoms with van der Waals surface area (Å²) < 4.78 is 1.08. The molecule has 1 aromatic rings. The minimum absolute atomic E-state index is 0.267. The van der Waals surface area contributed by atoms with Crippen molar-refractivity contribution in [3.8, 4) is 0 Å². The first-order valence-electron chi connectivity index (χ1n) is 6.39. The predicted octanol–water partition coefficient (Wildman–Crippen LogP) is 2.55. The van der Waals surface area contributed by atoms with E-state index < -0.39 is 0 Å². The van der Waals surface area contributed by atoms with Gasteiger partial charge in [-0.15, -0.1) is 0 Å². The van der Waals surface area contributed by atoms with Gasteiger partial charge in [0.15, 0.2) is 0 Å². The molecular weight excluding hydrogens is 292 g/mol. The highest BCUT2D eigenvalue weighted by molar-refractivity contribution is 9.10. The van der Waals surface area contributed by atoms with Crippen LogP contribution < -0.4 is 5.32 Å². The van der Waals surface area contributed by atoms with E-state index in [0.717, 1.165) is 23.9 Å². The van der Waals surface area contributed by atoms with Crippen LogP contribution >= 0.6 is 15.9 Å². The molecular formula is C14H19BrN2O. The number of carbonyl (C=O) groups excluding carboxylic acids is 1. The lowest BCUT2D eigenvalue weighted by Crippen LogP contribution is -2.31. The lowest BCUT2D eigenvalue weighted by Gasteiger charge is -2.21. The Hall–Kier alpha value is -0.870. The number of likely N-dealkylation sites (tertiary alicyclic amines) is 1. The Kier molecular flexibility index (Phi) is 4.78. The lowest BCUT2D eigenvalue weighted by molar-refractivity contribution is -0.131. The minimum atomic E-state index is 0.267. The number of nitrogens with one attached hydrogen (secondary N) is 1. The van der Waals surface area contributed by atoms with Crippen LogP contribution in [0.25, 0.3) is 0 Å². The van der Waals surface area contributed by atoms with Gasteiger partial charge in [-0.05, 0) is 31.5 Å². The summed E-state index contributed by atoms with van der Waals surface area (Å²) in [5.74, 6) is 0.267. The summed E-state index contributed by atoms with van der Waals surface area (Å²) in [5.41, 5.74) is 1.17. The summed E-state index contributed by atoms with van der Waals surface area (Å²) in [6, 6.07) is 8.57. The zero-order valence-corrected chi connectivity index (χ0v) is 12.2. The number of amides is 1. The molecule has 1 amide bonds. The van der Waals surface area contributed by atoms with Crippen molar-refractivity contribution >= 4 is 21.8 Å². The van der Waals surface area contributed by atoms with E-state index in [1.807, 2.05) is 30.1 Å². The first-order valence-corrected chi connectivity index (χ1v) is 7.18. The highest BCUT2D eigenvalue weighted by Crippen LogP contribution is 2.20. The summed E-state index contributed by atoms with van der Waals surface area (Å²) >= 11 is 3.54.